The van der Waals surface area contributed by atoms with E-state index in [1.165, 1.54) is 31.3 Å². The Bertz CT molecular complexity index is 657. The van der Waals surface area contributed by atoms with Crippen molar-refractivity contribution in [3.05, 3.63) is 23.8 Å². The van der Waals surface area contributed by atoms with Crippen LogP contribution in [0, 0.1) is 34.5 Å². The topological polar surface area (TPSA) is 34.1 Å². The van der Waals surface area contributed by atoms with E-state index in [2.05, 4.69) is 27.4 Å². The summed E-state index contributed by atoms with van der Waals surface area (Å²) in [5, 5.41) is 0. The molecule has 0 aromatic heterocycles. The Morgan fingerprint density at radius 1 is 1.12 bits per heavy atom. The summed E-state index contributed by atoms with van der Waals surface area (Å²) < 4.78 is 0. The molecule has 0 heterocycles. The first-order valence-electron chi connectivity index (χ1n) is 9.71. The Balaban J connectivity index is 1.72. The highest BCUT2D eigenvalue weighted by atomic mass is 16.1. The monoisotopic (exact) mass is 326 g/mol. The normalized spacial score (nSPS) is 47.5. The molecule has 130 valence electrons. The van der Waals surface area contributed by atoms with Crippen LogP contribution in [0.3, 0.4) is 0 Å². The summed E-state index contributed by atoms with van der Waals surface area (Å²) >= 11 is 0. The molecule has 0 radical (unpaired) electrons. The van der Waals surface area contributed by atoms with Crippen molar-refractivity contribution in [1.82, 2.24) is 0 Å². The van der Waals surface area contributed by atoms with Crippen molar-refractivity contribution < 1.29 is 9.59 Å². The first-order valence-corrected chi connectivity index (χ1v) is 9.71. The maximum absolute atomic E-state index is 12.9. The molecule has 0 N–H and O–H groups in total. The van der Waals surface area contributed by atoms with Crippen molar-refractivity contribution in [2.75, 3.05) is 0 Å². The summed E-state index contributed by atoms with van der Waals surface area (Å²) in [6.45, 7) is 11.2. The van der Waals surface area contributed by atoms with Crippen LogP contribution in [0.15, 0.2) is 23.8 Å². The lowest BCUT2D eigenvalue weighted by atomic mass is 9.46. The van der Waals surface area contributed by atoms with Crippen molar-refractivity contribution in [2.24, 2.45) is 34.5 Å². The van der Waals surface area contributed by atoms with Gasteiger partial charge in [0.15, 0.2) is 11.6 Å². The number of hydrogen-bond acceptors (Lipinski definition) is 2. The van der Waals surface area contributed by atoms with E-state index in [4.69, 9.17) is 0 Å². The van der Waals surface area contributed by atoms with E-state index in [0.717, 1.165) is 12.0 Å². The zero-order valence-corrected chi connectivity index (χ0v) is 15.4. The summed E-state index contributed by atoms with van der Waals surface area (Å²) in [5.74, 6) is 2.77. The molecule has 0 saturated heterocycles. The third kappa shape index (κ3) is 2.01. The Labute approximate surface area is 145 Å². The summed E-state index contributed by atoms with van der Waals surface area (Å²) in [6, 6.07) is 0. The second-order valence-electron chi connectivity index (χ2n) is 9.47. The Morgan fingerprint density at radius 2 is 1.88 bits per heavy atom. The highest BCUT2D eigenvalue weighted by Crippen LogP contribution is 2.66. The van der Waals surface area contributed by atoms with Gasteiger partial charge in [-0.2, -0.15) is 0 Å². The van der Waals surface area contributed by atoms with Gasteiger partial charge in [0.25, 0.3) is 0 Å². The molecule has 6 atom stereocenters. The average molecular weight is 326 g/mol. The van der Waals surface area contributed by atoms with E-state index in [0.29, 0.717) is 41.9 Å². The lowest BCUT2D eigenvalue weighted by Gasteiger charge is -2.57. The number of hydrogen-bond donors (Lipinski definition) is 0. The van der Waals surface area contributed by atoms with Gasteiger partial charge in [0.2, 0.25) is 0 Å². The van der Waals surface area contributed by atoms with Gasteiger partial charge >= 0.3 is 0 Å². The molecule has 3 fully saturated rings. The molecule has 24 heavy (non-hydrogen) atoms. The first kappa shape index (κ1) is 16.3. The lowest BCUT2D eigenvalue weighted by molar-refractivity contribution is -0.131. The molecule has 4 rings (SSSR count). The lowest BCUT2D eigenvalue weighted by Crippen LogP contribution is -2.52. The summed E-state index contributed by atoms with van der Waals surface area (Å²) in [7, 11) is 0. The highest BCUT2D eigenvalue weighted by molar-refractivity contribution is 6.05. The van der Waals surface area contributed by atoms with E-state index in [1.807, 2.05) is 0 Å². The number of fused-ring (bicyclic) bond motifs is 5. The van der Waals surface area contributed by atoms with E-state index in [-0.39, 0.29) is 17.0 Å². The highest BCUT2D eigenvalue weighted by Gasteiger charge is 2.60. The second kappa shape index (κ2) is 5.16. The number of Topliss-reactive ketones (excluding diaryl/α,β-unsaturated/α-hetero) is 1. The van der Waals surface area contributed by atoms with Crippen molar-refractivity contribution in [2.45, 2.75) is 65.7 Å². The Hall–Kier alpha value is -1.18. The van der Waals surface area contributed by atoms with Crippen molar-refractivity contribution in [3.63, 3.8) is 0 Å². The van der Waals surface area contributed by atoms with Crippen LogP contribution in [-0.2, 0) is 9.59 Å². The fourth-order valence-corrected chi connectivity index (χ4v) is 7.20. The summed E-state index contributed by atoms with van der Waals surface area (Å²) in [5.41, 5.74) is 2.46. The minimum atomic E-state index is -0.0590. The second-order valence-corrected chi connectivity index (χ2v) is 9.47. The van der Waals surface area contributed by atoms with Crippen LogP contribution in [0.5, 0.6) is 0 Å². The van der Waals surface area contributed by atoms with Gasteiger partial charge in [-0.25, -0.2) is 0 Å². The van der Waals surface area contributed by atoms with Gasteiger partial charge in [0.1, 0.15) is 0 Å². The fourth-order valence-electron chi connectivity index (χ4n) is 7.20. The van der Waals surface area contributed by atoms with Crippen LogP contribution in [0.1, 0.15) is 65.7 Å². The fraction of sp³-hybridized carbons (Fsp3) is 0.727. The number of ketones is 2. The molecule has 2 nitrogen and oxygen atoms in total. The van der Waals surface area contributed by atoms with Crippen LogP contribution >= 0.6 is 0 Å². The van der Waals surface area contributed by atoms with Gasteiger partial charge in [-0.05, 0) is 79.6 Å². The van der Waals surface area contributed by atoms with E-state index < -0.39 is 0 Å². The first-order chi connectivity index (χ1) is 11.3. The standard InChI is InChI=1S/C22H30O2/c1-13(2)16-5-6-17-15-12-20(24)19-11-14(23)7-9-22(19,4)18(15)8-10-21(16,17)3/h11,15-18H,1,5-10,12H2,2-4H3/t15-,16+,17-,18-,21+,22+/m0/s1. The van der Waals surface area contributed by atoms with Gasteiger partial charge in [-0.1, -0.05) is 26.0 Å². The van der Waals surface area contributed by atoms with E-state index in [1.54, 1.807) is 6.08 Å². The molecule has 0 aromatic carbocycles. The minimum Gasteiger partial charge on any atom is -0.295 e. The predicted molar refractivity (Wildman–Crippen MR) is 95.4 cm³/mol. The number of carbonyl (C=O) groups is 2. The molecule has 0 unspecified atom stereocenters. The average Bonchev–Trinajstić information content (AvgIpc) is 2.87. The van der Waals surface area contributed by atoms with Crippen LogP contribution in [0.25, 0.3) is 0 Å². The molecular weight excluding hydrogens is 296 g/mol. The maximum atomic E-state index is 12.9. The molecule has 0 aromatic rings. The zero-order valence-electron chi connectivity index (χ0n) is 15.4. The van der Waals surface area contributed by atoms with Crippen molar-refractivity contribution in [1.29, 1.82) is 0 Å². The third-order valence-corrected chi connectivity index (χ3v) is 8.38. The van der Waals surface area contributed by atoms with Gasteiger partial charge < -0.3 is 0 Å². The molecule has 4 aliphatic carbocycles. The van der Waals surface area contributed by atoms with Crippen LogP contribution in [0.4, 0.5) is 0 Å². The van der Waals surface area contributed by atoms with Crippen LogP contribution in [-0.4, -0.2) is 11.6 Å². The van der Waals surface area contributed by atoms with Gasteiger partial charge in [0.05, 0.1) is 0 Å². The number of rotatable bonds is 1. The quantitative estimate of drug-likeness (QED) is 0.643. The van der Waals surface area contributed by atoms with Gasteiger partial charge in [-0.3, -0.25) is 9.59 Å². The smallest absolute Gasteiger partial charge is 0.159 e. The van der Waals surface area contributed by atoms with Gasteiger partial charge in [0, 0.05) is 18.4 Å². The maximum Gasteiger partial charge on any atom is 0.159 e. The third-order valence-electron chi connectivity index (χ3n) is 8.38. The summed E-state index contributed by atoms with van der Waals surface area (Å²) in [6.07, 6.45) is 8.80. The molecule has 3 saturated carbocycles. The molecule has 2 heteroatoms. The molecule has 0 amide bonds. The molecule has 0 bridgehead atoms. The Morgan fingerprint density at radius 3 is 2.58 bits per heavy atom. The number of carbonyl (C=O) groups excluding carboxylic acids is 2. The van der Waals surface area contributed by atoms with E-state index in [9.17, 15) is 9.59 Å². The number of allylic oxidation sites excluding steroid dienone is 2. The Kier molecular flexibility index (Phi) is 3.50. The molecule has 0 spiro atoms. The van der Waals surface area contributed by atoms with Crippen molar-refractivity contribution in [3.8, 4) is 0 Å². The van der Waals surface area contributed by atoms with E-state index >= 15 is 0 Å². The van der Waals surface area contributed by atoms with Crippen molar-refractivity contribution >= 4 is 11.6 Å². The predicted octanol–water partition coefficient (Wildman–Crippen LogP) is 4.89. The van der Waals surface area contributed by atoms with Gasteiger partial charge in [-0.15, -0.1) is 0 Å². The summed E-state index contributed by atoms with van der Waals surface area (Å²) in [4.78, 5) is 24.8. The zero-order chi connectivity index (χ0) is 17.3. The molecule has 4 aliphatic rings. The largest absolute Gasteiger partial charge is 0.295 e. The minimum absolute atomic E-state index is 0.0590. The van der Waals surface area contributed by atoms with Crippen LogP contribution < -0.4 is 0 Å². The molecule has 0 aliphatic heterocycles. The SMILES string of the molecule is C=C(C)[C@H]1CC[C@H]2[C@@H]3CC(=O)C4=CC(=O)CC[C@]4(C)[C@H]3CC[C@]12C. The van der Waals surface area contributed by atoms with Crippen LogP contribution in [0.2, 0.25) is 0 Å². The molecular formula is C22H30O2.